The van der Waals surface area contributed by atoms with Crippen molar-refractivity contribution in [1.29, 1.82) is 0 Å². The fraction of sp³-hybridized carbons (Fsp3) is 0.208. The molecule has 0 aliphatic carbocycles. The van der Waals surface area contributed by atoms with E-state index in [9.17, 15) is 4.79 Å². The van der Waals surface area contributed by atoms with Gasteiger partial charge in [0.1, 0.15) is 11.5 Å². The minimum absolute atomic E-state index is 0.196. The molecule has 0 saturated carbocycles. The van der Waals surface area contributed by atoms with Crippen molar-refractivity contribution in [2.24, 2.45) is 0 Å². The number of hydrogen-bond donors (Lipinski definition) is 3. The summed E-state index contributed by atoms with van der Waals surface area (Å²) in [5.74, 6) is 0.963. The highest BCUT2D eigenvalue weighted by molar-refractivity contribution is 5.93. The first-order valence-corrected chi connectivity index (χ1v) is 10.1. The van der Waals surface area contributed by atoms with Gasteiger partial charge in [0.15, 0.2) is 5.82 Å². The van der Waals surface area contributed by atoms with E-state index >= 15 is 0 Å². The quantitative estimate of drug-likeness (QED) is 0.430. The molecular weight excluding hydrogens is 374 g/mol. The number of carbonyl (C=O) groups is 1. The summed E-state index contributed by atoms with van der Waals surface area (Å²) in [5, 5.41) is 7.45. The Kier molecular flexibility index (Phi) is 5.75. The minimum atomic E-state index is -0.207. The lowest BCUT2D eigenvalue weighted by Gasteiger charge is -2.12. The van der Waals surface area contributed by atoms with Crippen molar-refractivity contribution in [3.05, 3.63) is 78.1 Å². The van der Waals surface area contributed by atoms with Crippen molar-refractivity contribution in [3.8, 4) is 11.4 Å². The molecule has 6 nitrogen and oxygen atoms in total. The Hall–Kier alpha value is -3.67. The zero-order valence-corrected chi connectivity index (χ0v) is 17.1. The van der Waals surface area contributed by atoms with Gasteiger partial charge in [0.25, 0.3) is 5.91 Å². The summed E-state index contributed by atoms with van der Waals surface area (Å²) in [5.41, 5.74) is 3.51. The number of amides is 1. The molecular formula is C24H25N5O. The van der Waals surface area contributed by atoms with Crippen LogP contribution in [0.2, 0.25) is 0 Å². The van der Waals surface area contributed by atoms with Crippen molar-refractivity contribution in [1.82, 2.24) is 20.3 Å². The Morgan fingerprint density at radius 1 is 1.03 bits per heavy atom. The second kappa shape index (κ2) is 8.78. The van der Waals surface area contributed by atoms with Gasteiger partial charge in [-0.1, -0.05) is 48.5 Å². The number of para-hydroxylation sites is 1. The third-order valence-electron chi connectivity index (χ3n) is 4.78. The van der Waals surface area contributed by atoms with E-state index in [1.54, 1.807) is 6.07 Å². The molecule has 2 heterocycles. The van der Waals surface area contributed by atoms with E-state index in [4.69, 9.17) is 0 Å². The fourth-order valence-electron chi connectivity index (χ4n) is 3.39. The second-order valence-corrected chi connectivity index (χ2v) is 7.49. The van der Waals surface area contributed by atoms with Crippen molar-refractivity contribution < 1.29 is 4.79 Å². The van der Waals surface area contributed by atoms with Gasteiger partial charge in [-0.3, -0.25) is 4.79 Å². The number of H-pyrrole nitrogens is 1. The van der Waals surface area contributed by atoms with Crippen LogP contribution in [0.3, 0.4) is 0 Å². The number of aromatic nitrogens is 3. The molecule has 0 aliphatic rings. The third kappa shape index (κ3) is 4.49. The molecule has 0 aliphatic heterocycles. The van der Waals surface area contributed by atoms with E-state index < -0.39 is 0 Å². The first-order valence-electron chi connectivity index (χ1n) is 10.1. The highest BCUT2D eigenvalue weighted by Crippen LogP contribution is 2.19. The molecule has 4 aromatic rings. The summed E-state index contributed by atoms with van der Waals surface area (Å²) in [6.07, 6.45) is 2.74. The van der Waals surface area contributed by atoms with E-state index in [0.29, 0.717) is 23.9 Å². The summed E-state index contributed by atoms with van der Waals surface area (Å²) in [6.45, 7) is 4.59. The Morgan fingerprint density at radius 3 is 2.60 bits per heavy atom. The number of nitrogens with one attached hydrogen (secondary N) is 3. The summed E-state index contributed by atoms with van der Waals surface area (Å²) >= 11 is 0. The molecule has 0 bridgehead atoms. The average Bonchev–Trinajstić information content (AvgIpc) is 3.17. The van der Waals surface area contributed by atoms with E-state index in [1.807, 2.05) is 68.6 Å². The second-order valence-electron chi connectivity index (χ2n) is 7.49. The maximum atomic E-state index is 12.8. The Balaban J connectivity index is 1.51. The molecule has 0 radical (unpaired) electrons. The largest absolute Gasteiger partial charge is 0.368 e. The predicted octanol–water partition coefficient (Wildman–Crippen LogP) is 4.42. The number of rotatable bonds is 7. The van der Waals surface area contributed by atoms with Gasteiger partial charge < -0.3 is 15.6 Å². The smallest absolute Gasteiger partial charge is 0.270 e. The Labute approximate surface area is 175 Å². The van der Waals surface area contributed by atoms with E-state index in [0.717, 1.165) is 17.5 Å². The zero-order valence-electron chi connectivity index (χ0n) is 17.1. The number of carbonyl (C=O) groups excluding carboxylic acids is 1. The molecule has 3 N–H and O–H groups in total. The lowest BCUT2D eigenvalue weighted by molar-refractivity contribution is 0.0949. The zero-order chi connectivity index (χ0) is 20.9. The number of benzene rings is 2. The average molecular weight is 399 g/mol. The molecule has 30 heavy (non-hydrogen) atoms. The van der Waals surface area contributed by atoms with Crippen LogP contribution in [0, 0.1) is 0 Å². The van der Waals surface area contributed by atoms with Gasteiger partial charge in [-0.15, -0.1) is 0 Å². The molecule has 0 saturated heterocycles. The number of nitrogens with zero attached hydrogens (tertiary/aromatic N) is 2. The minimum Gasteiger partial charge on any atom is -0.368 e. The Morgan fingerprint density at radius 2 is 1.80 bits per heavy atom. The monoisotopic (exact) mass is 399 g/mol. The number of anilines is 1. The topological polar surface area (TPSA) is 82.7 Å². The van der Waals surface area contributed by atoms with Crippen LogP contribution in [-0.4, -0.2) is 33.4 Å². The van der Waals surface area contributed by atoms with Gasteiger partial charge in [0.05, 0.1) is 0 Å². The van der Waals surface area contributed by atoms with E-state index in [1.165, 1.54) is 10.9 Å². The van der Waals surface area contributed by atoms with Crippen LogP contribution >= 0.6 is 0 Å². The van der Waals surface area contributed by atoms with Crippen LogP contribution in [0.25, 0.3) is 22.3 Å². The van der Waals surface area contributed by atoms with Gasteiger partial charge in [-0.05, 0) is 31.9 Å². The molecule has 2 aromatic heterocycles. The lowest BCUT2D eigenvalue weighted by atomic mass is 10.1. The van der Waals surface area contributed by atoms with Crippen molar-refractivity contribution in [2.45, 2.75) is 26.3 Å². The van der Waals surface area contributed by atoms with Crippen LogP contribution < -0.4 is 10.6 Å². The van der Waals surface area contributed by atoms with Crippen LogP contribution in [0.4, 0.5) is 5.82 Å². The molecule has 0 spiro atoms. The summed E-state index contributed by atoms with van der Waals surface area (Å²) in [4.78, 5) is 25.2. The maximum absolute atomic E-state index is 12.8. The highest BCUT2D eigenvalue weighted by atomic mass is 16.1. The first kappa shape index (κ1) is 19.6. The van der Waals surface area contributed by atoms with Gasteiger partial charge in [-0.2, -0.15) is 0 Å². The summed E-state index contributed by atoms with van der Waals surface area (Å²) < 4.78 is 0. The van der Waals surface area contributed by atoms with Crippen molar-refractivity contribution >= 4 is 22.6 Å². The maximum Gasteiger partial charge on any atom is 0.270 e. The Bertz CT molecular complexity index is 1150. The molecule has 0 fully saturated rings. The molecule has 4 rings (SSSR count). The van der Waals surface area contributed by atoms with Gasteiger partial charge in [0, 0.05) is 41.3 Å². The predicted molar refractivity (Wildman–Crippen MR) is 121 cm³/mol. The van der Waals surface area contributed by atoms with Crippen LogP contribution in [0.15, 0.2) is 66.9 Å². The molecule has 2 aromatic carbocycles. The normalized spacial score (nSPS) is 11.0. The number of hydrogen-bond acceptors (Lipinski definition) is 4. The fourth-order valence-corrected chi connectivity index (χ4v) is 3.39. The molecule has 152 valence electrons. The number of aromatic amines is 1. The summed E-state index contributed by atoms with van der Waals surface area (Å²) in [7, 11) is 0. The first-order chi connectivity index (χ1) is 14.6. The van der Waals surface area contributed by atoms with Gasteiger partial charge in [0.2, 0.25) is 0 Å². The highest BCUT2D eigenvalue weighted by Gasteiger charge is 2.14. The van der Waals surface area contributed by atoms with Crippen LogP contribution in [0.1, 0.15) is 29.9 Å². The third-order valence-corrected chi connectivity index (χ3v) is 4.78. The van der Waals surface area contributed by atoms with Crippen molar-refractivity contribution in [2.75, 3.05) is 11.9 Å². The van der Waals surface area contributed by atoms with Crippen LogP contribution in [-0.2, 0) is 6.42 Å². The van der Waals surface area contributed by atoms with Crippen LogP contribution in [0.5, 0.6) is 0 Å². The van der Waals surface area contributed by atoms with Gasteiger partial charge >= 0.3 is 0 Å². The van der Waals surface area contributed by atoms with Gasteiger partial charge in [-0.25, -0.2) is 9.97 Å². The van der Waals surface area contributed by atoms with E-state index in [-0.39, 0.29) is 11.9 Å². The van der Waals surface area contributed by atoms with Crippen molar-refractivity contribution in [3.63, 3.8) is 0 Å². The molecule has 0 atom stereocenters. The molecule has 1 amide bonds. The standard InChI is InChI=1S/C24H25N5O/c1-16(2)27-22-14-21(28-23(29-22)17-8-4-3-5-9-17)24(30)25-13-12-18-15-26-20-11-7-6-10-19(18)20/h3-11,14-16,26H,12-13H2,1-2H3,(H,25,30)(H,27,28,29). The number of fused-ring (bicyclic) bond motifs is 1. The van der Waals surface area contributed by atoms with E-state index in [2.05, 4.69) is 31.7 Å². The SMILES string of the molecule is CC(C)Nc1cc(C(=O)NCCc2c[nH]c3ccccc23)nc(-c2ccccc2)n1. The molecule has 6 heteroatoms. The summed E-state index contributed by atoms with van der Waals surface area (Å²) in [6, 6.07) is 19.7. The molecule has 0 unspecified atom stereocenters. The lowest BCUT2D eigenvalue weighted by Crippen LogP contribution is -2.27.